The number of aromatic nitrogens is 3. The van der Waals surface area contributed by atoms with E-state index >= 15 is 0 Å². The predicted octanol–water partition coefficient (Wildman–Crippen LogP) is 3.49. The molecular weight excluding hydrogens is 268 g/mol. The SMILES string of the molecule is N#Cc1ccc(-c2ccc(Sc3c[nH]nn3)cc2)cc1. The van der Waals surface area contributed by atoms with E-state index in [0.717, 1.165) is 21.0 Å². The first kappa shape index (κ1) is 12.5. The molecule has 0 saturated heterocycles. The van der Waals surface area contributed by atoms with Crippen molar-refractivity contribution in [1.82, 2.24) is 15.4 Å². The van der Waals surface area contributed by atoms with Crippen molar-refractivity contribution in [3.63, 3.8) is 0 Å². The van der Waals surface area contributed by atoms with Crippen LogP contribution in [0.4, 0.5) is 0 Å². The third kappa shape index (κ3) is 2.71. The lowest BCUT2D eigenvalue weighted by molar-refractivity contribution is 0.911. The predicted molar refractivity (Wildman–Crippen MR) is 77.1 cm³/mol. The third-order valence-electron chi connectivity index (χ3n) is 2.82. The fourth-order valence-corrected chi connectivity index (χ4v) is 2.52. The molecule has 20 heavy (non-hydrogen) atoms. The highest BCUT2D eigenvalue weighted by Gasteiger charge is 2.02. The molecule has 1 heterocycles. The molecule has 0 atom stereocenters. The number of nitrogens with one attached hydrogen (secondary N) is 1. The fraction of sp³-hybridized carbons (Fsp3) is 0. The zero-order chi connectivity index (χ0) is 13.8. The first-order chi connectivity index (χ1) is 9.85. The minimum Gasteiger partial charge on any atom is -0.264 e. The summed E-state index contributed by atoms with van der Waals surface area (Å²) in [6.45, 7) is 0. The van der Waals surface area contributed by atoms with Crippen LogP contribution in [-0.4, -0.2) is 15.4 Å². The molecule has 0 saturated carbocycles. The number of hydrogen-bond donors (Lipinski definition) is 1. The smallest absolute Gasteiger partial charge is 0.143 e. The summed E-state index contributed by atoms with van der Waals surface area (Å²) >= 11 is 1.56. The monoisotopic (exact) mass is 278 g/mol. The molecule has 0 unspecified atom stereocenters. The van der Waals surface area contributed by atoms with Gasteiger partial charge in [0, 0.05) is 4.90 Å². The number of aromatic amines is 1. The van der Waals surface area contributed by atoms with Crippen molar-refractivity contribution in [3.05, 3.63) is 60.3 Å². The van der Waals surface area contributed by atoms with Crippen LogP contribution in [0.2, 0.25) is 0 Å². The maximum Gasteiger partial charge on any atom is 0.143 e. The van der Waals surface area contributed by atoms with Crippen molar-refractivity contribution in [2.24, 2.45) is 0 Å². The van der Waals surface area contributed by atoms with E-state index in [0.29, 0.717) is 5.56 Å². The molecule has 96 valence electrons. The van der Waals surface area contributed by atoms with Crippen LogP contribution in [0.5, 0.6) is 0 Å². The molecule has 4 nitrogen and oxygen atoms in total. The van der Waals surface area contributed by atoms with Crippen molar-refractivity contribution in [3.8, 4) is 17.2 Å². The molecule has 0 spiro atoms. The van der Waals surface area contributed by atoms with E-state index in [1.807, 2.05) is 36.4 Å². The number of nitrogens with zero attached hydrogens (tertiary/aromatic N) is 3. The van der Waals surface area contributed by atoms with Crippen LogP contribution in [0.3, 0.4) is 0 Å². The molecule has 2 aromatic carbocycles. The highest BCUT2D eigenvalue weighted by molar-refractivity contribution is 7.99. The van der Waals surface area contributed by atoms with Gasteiger partial charge in [-0.25, -0.2) is 0 Å². The van der Waals surface area contributed by atoms with Gasteiger partial charge >= 0.3 is 0 Å². The van der Waals surface area contributed by atoms with Gasteiger partial charge in [0.1, 0.15) is 5.03 Å². The summed E-state index contributed by atoms with van der Waals surface area (Å²) in [6, 6.07) is 17.9. The lowest BCUT2D eigenvalue weighted by Gasteiger charge is -2.03. The quantitative estimate of drug-likeness (QED) is 0.796. The van der Waals surface area contributed by atoms with E-state index in [2.05, 4.69) is 33.6 Å². The average molecular weight is 278 g/mol. The summed E-state index contributed by atoms with van der Waals surface area (Å²) in [5.41, 5.74) is 2.90. The second kappa shape index (κ2) is 5.59. The van der Waals surface area contributed by atoms with Gasteiger partial charge in [0.2, 0.25) is 0 Å². The third-order valence-corrected chi connectivity index (χ3v) is 3.73. The summed E-state index contributed by atoms with van der Waals surface area (Å²) in [4.78, 5) is 1.11. The summed E-state index contributed by atoms with van der Waals surface area (Å²) in [6.07, 6.45) is 1.76. The number of hydrogen-bond acceptors (Lipinski definition) is 4. The number of rotatable bonds is 3. The Bertz CT molecular complexity index is 725. The Morgan fingerprint density at radius 1 is 0.950 bits per heavy atom. The second-order valence-corrected chi connectivity index (χ2v) is 5.22. The normalized spacial score (nSPS) is 10.2. The highest BCUT2D eigenvalue weighted by Crippen LogP contribution is 2.28. The van der Waals surface area contributed by atoms with Gasteiger partial charge in [0.25, 0.3) is 0 Å². The van der Waals surface area contributed by atoms with Crippen LogP contribution in [0, 0.1) is 11.3 Å². The molecule has 1 aromatic heterocycles. The van der Waals surface area contributed by atoms with E-state index in [1.54, 1.807) is 18.0 Å². The molecule has 3 aromatic rings. The minimum atomic E-state index is 0.673. The molecular formula is C15H10N4S. The summed E-state index contributed by atoms with van der Waals surface area (Å²) in [5, 5.41) is 19.9. The van der Waals surface area contributed by atoms with Crippen LogP contribution in [0.1, 0.15) is 5.56 Å². The van der Waals surface area contributed by atoms with Crippen molar-refractivity contribution < 1.29 is 0 Å². The topological polar surface area (TPSA) is 65.4 Å². The van der Waals surface area contributed by atoms with Gasteiger partial charge in [0.05, 0.1) is 17.8 Å². The molecule has 1 N–H and O–H groups in total. The maximum absolute atomic E-state index is 8.79. The van der Waals surface area contributed by atoms with Crippen molar-refractivity contribution in [1.29, 1.82) is 5.26 Å². The van der Waals surface area contributed by atoms with Crippen molar-refractivity contribution in [2.75, 3.05) is 0 Å². The number of benzene rings is 2. The second-order valence-electron chi connectivity index (χ2n) is 4.13. The van der Waals surface area contributed by atoms with E-state index < -0.39 is 0 Å². The maximum atomic E-state index is 8.79. The minimum absolute atomic E-state index is 0.673. The first-order valence-electron chi connectivity index (χ1n) is 6.00. The van der Waals surface area contributed by atoms with Crippen LogP contribution < -0.4 is 0 Å². The lowest BCUT2D eigenvalue weighted by Crippen LogP contribution is -1.80. The van der Waals surface area contributed by atoms with Gasteiger partial charge in [-0.1, -0.05) is 41.2 Å². The summed E-state index contributed by atoms with van der Waals surface area (Å²) < 4.78 is 0. The molecule has 3 rings (SSSR count). The Balaban J connectivity index is 1.80. The highest BCUT2D eigenvalue weighted by atomic mass is 32.2. The molecule has 0 radical (unpaired) electrons. The Kier molecular flexibility index (Phi) is 3.48. The van der Waals surface area contributed by atoms with E-state index in [4.69, 9.17) is 5.26 Å². The van der Waals surface area contributed by atoms with Crippen LogP contribution in [-0.2, 0) is 0 Å². The van der Waals surface area contributed by atoms with Gasteiger partial charge in [-0.05, 0) is 35.4 Å². The number of H-pyrrole nitrogens is 1. The molecule has 5 heteroatoms. The Morgan fingerprint density at radius 3 is 2.15 bits per heavy atom. The van der Waals surface area contributed by atoms with E-state index in [1.165, 1.54) is 0 Å². The molecule has 0 aliphatic rings. The fourth-order valence-electron chi connectivity index (χ4n) is 1.81. The van der Waals surface area contributed by atoms with Crippen molar-refractivity contribution in [2.45, 2.75) is 9.92 Å². The van der Waals surface area contributed by atoms with Gasteiger partial charge < -0.3 is 0 Å². The van der Waals surface area contributed by atoms with E-state index in [-0.39, 0.29) is 0 Å². The molecule has 0 fully saturated rings. The molecule has 0 aliphatic carbocycles. The Labute approximate surface area is 120 Å². The molecule has 0 amide bonds. The van der Waals surface area contributed by atoms with Crippen molar-refractivity contribution >= 4 is 11.8 Å². The molecule has 0 aliphatic heterocycles. The Morgan fingerprint density at radius 2 is 1.60 bits per heavy atom. The number of nitriles is 1. The van der Waals surface area contributed by atoms with E-state index in [9.17, 15) is 0 Å². The summed E-state index contributed by atoms with van der Waals surface area (Å²) in [7, 11) is 0. The van der Waals surface area contributed by atoms with Crippen LogP contribution in [0.15, 0.2) is 64.6 Å². The van der Waals surface area contributed by atoms with Gasteiger partial charge in [-0.15, -0.1) is 5.10 Å². The van der Waals surface area contributed by atoms with Gasteiger partial charge in [-0.2, -0.15) is 5.26 Å². The van der Waals surface area contributed by atoms with Gasteiger partial charge in [-0.3, -0.25) is 5.10 Å². The largest absolute Gasteiger partial charge is 0.264 e. The zero-order valence-corrected chi connectivity index (χ0v) is 11.3. The Hall–Kier alpha value is -2.58. The lowest BCUT2D eigenvalue weighted by atomic mass is 10.0. The first-order valence-corrected chi connectivity index (χ1v) is 6.82. The summed E-state index contributed by atoms with van der Waals surface area (Å²) in [5.74, 6) is 0. The van der Waals surface area contributed by atoms with Gasteiger partial charge in [0.15, 0.2) is 0 Å². The van der Waals surface area contributed by atoms with Crippen LogP contribution in [0.25, 0.3) is 11.1 Å². The van der Waals surface area contributed by atoms with Crippen LogP contribution >= 0.6 is 11.8 Å². The standard InChI is InChI=1S/C15H10N4S/c16-9-11-1-3-12(4-2-11)13-5-7-14(8-6-13)20-15-10-17-19-18-15/h1-8,10H,(H,17,18,19). The average Bonchev–Trinajstić information content (AvgIpc) is 3.01. The zero-order valence-electron chi connectivity index (χ0n) is 10.4. The molecule has 0 bridgehead atoms.